The van der Waals surface area contributed by atoms with E-state index in [0.29, 0.717) is 11.5 Å². The van der Waals surface area contributed by atoms with E-state index in [2.05, 4.69) is 22.2 Å². The minimum atomic E-state index is 0.198. The zero-order chi connectivity index (χ0) is 16.1. The van der Waals surface area contributed by atoms with Gasteiger partial charge in [-0.15, -0.1) is 0 Å². The van der Waals surface area contributed by atoms with E-state index in [1.54, 1.807) is 0 Å². The fraction of sp³-hybridized carbons (Fsp3) is 0.375. The Morgan fingerprint density at radius 3 is 2.50 bits per heavy atom. The Hall–Kier alpha value is -2.50. The monoisotopic (exact) mass is 300 g/mol. The van der Waals surface area contributed by atoms with Crippen LogP contribution in [-0.4, -0.2) is 16.5 Å². The van der Waals surface area contributed by atoms with E-state index in [9.17, 15) is 0 Å². The first kappa shape index (κ1) is 15.9. The standard InChI is InChI=1S/C16H24N6/c1-3-5-8-20-13-7-6-10(9-11(13)17)14-12(4-2)21-16(19)22-15(14)18/h6-7,9,20H,3-5,8,17H2,1-2H3,(H4,18,19,21,22). The van der Waals surface area contributed by atoms with E-state index in [1.165, 1.54) is 0 Å². The highest BCUT2D eigenvalue weighted by Crippen LogP contribution is 2.32. The summed E-state index contributed by atoms with van der Waals surface area (Å²) >= 11 is 0. The third-order valence-corrected chi connectivity index (χ3v) is 3.55. The quantitative estimate of drug-likeness (QED) is 0.481. The van der Waals surface area contributed by atoms with Gasteiger partial charge in [-0.25, -0.2) is 4.98 Å². The lowest BCUT2D eigenvalue weighted by Gasteiger charge is -2.14. The van der Waals surface area contributed by atoms with Crippen molar-refractivity contribution in [1.82, 2.24) is 9.97 Å². The van der Waals surface area contributed by atoms with Gasteiger partial charge in [0.25, 0.3) is 0 Å². The number of aryl methyl sites for hydroxylation is 1. The minimum absolute atomic E-state index is 0.198. The molecule has 6 heteroatoms. The van der Waals surface area contributed by atoms with Crippen LogP contribution in [0.2, 0.25) is 0 Å². The van der Waals surface area contributed by atoms with Gasteiger partial charge in [0.05, 0.1) is 17.1 Å². The van der Waals surface area contributed by atoms with Gasteiger partial charge < -0.3 is 22.5 Å². The molecule has 2 aromatic rings. The predicted octanol–water partition coefficient (Wildman–Crippen LogP) is 2.66. The van der Waals surface area contributed by atoms with Crippen molar-refractivity contribution in [3.05, 3.63) is 23.9 Å². The first-order valence-corrected chi connectivity index (χ1v) is 7.62. The zero-order valence-corrected chi connectivity index (χ0v) is 13.2. The highest BCUT2D eigenvalue weighted by molar-refractivity contribution is 5.82. The second-order valence-corrected chi connectivity index (χ2v) is 5.22. The number of unbranched alkanes of at least 4 members (excludes halogenated alkanes) is 1. The van der Waals surface area contributed by atoms with Gasteiger partial charge in [-0.1, -0.05) is 26.3 Å². The molecule has 0 bridgehead atoms. The number of nitrogens with zero attached hydrogens (tertiary/aromatic N) is 2. The van der Waals surface area contributed by atoms with Crippen molar-refractivity contribution in [2.24, 2.45) is 0 Å². The first-order valence-electron chi connectivity index (χ1n) is 7.62. The summed E-state index contributed by atoms with van der Waals surface area (Å²) in [6.45, 7) is 5.08. The molecule has 0 saturated heterocycles. The molecular formula is C16H24N6. The fourth-order valence-corrected chi connectivity index (χ4v) is 2.40. The lowest BCUT2D eigenvalue weighted by molar-refractivity contribution is 0.834. The van der Waals surface area contributed by atoms with E-state index >= 15 is 0 Å². The molecule has 22 heavy (non-hydrogen) atoms. The third kappa shape index (κ3) is 3.39. The summed E-state index contributed by atoms with van der Waals surface area (Å²) in [6.07, 6.45) is 2.98. The molecule has 0 aliphatic heterocycles. The third-order valence-electron chi connectivity index (χ3n) is 3.55. The number of hydrogen-bond donors (Lipinski definition) is 4. The molecule has 0 spiro atoms. The zero-order valence-electron chi connectivity index (χ0n) is 13.2. The summed E-state index contributed by atoms with van der Waals surface area (Å²) in [4.78, 5) is 8.33. The number of aromatic nitrogens is 2. The van der Waals surface area contributed by atoms with Gasteiger partial charge in [-0.05, 0) is 30.5 Å². The Kier molecular flexibility index (Phi) is 5.04. The highest BCUT2D eigenvalue weighted by Gasteiger charge is 2.13. The maximum Gasteiger partial charge on any atom is 0.222 e. The van der Waals surface area contributed by atoms with Crippen molar-refractivity contribution in [3.63, 3.8) is 0 Å². The van der Waals surface area contributed by atoms with Gasteiger partial charge in [0, 0.05) is 12.1 Å². The molecule has 0 aliphatic rings. The molecule has 1 aromatic carbocycles. The molecule has 0 radical (unpaired) electrons. The lowest BCUT2D eigenvalue weighted by atomic mass is 10.0. The second kappa shape index (κ2) is 6.98. The number of nitrogens with one attached hydrogen (secondary N) is 1. The Labute approximate surface area is 131 Å². The Morgan fingerprint density at radius 2 is 1.86 bits per heavy atom. The normalized spacial score (nSPS) is 10.6. The van der Waals surface area contributed by atoms with Crippen molar-refractivity contribution < 1.29 is 0 Å². The van der Waals surface area contributed by atoms with E-state index in [-0.39, 0.29) is 5.95 Å². The van der Waals surface area contributed by atoms with Crippen molar-refractivity contribution in [3.8, 4) is 11.1 Å². The van der Waals surface area contributed by atoms with Gasteiger partial charge in [0.15, 0.2) is 0 Å². The number of hydrogen-bond acceptors (Lipinski definition) is 6. The lowest BCUT2D eigenvalue weighted by Crippen LogP contribution is -2.07. The van der Waals surface area contributed by atoms with Crippen LogP contribution in [0.3, 0.4) is 0 Å². The molecule has 0 saturated carbocycles. The van der Waals surface area contributed by atoms with Crippen LogP contribution in [0.1, 0.15) is 32.4 Å². The van der Waals surface area contributed by atoms with Gasteiger partial charge in [-0.3, -0.25) is 0 Å². The number of nitrogen functional groups attached to an aromatic ring is 3. The maximum atomic E-state index is 6.14. The first-order chi connectivity index (χ1) is 10.6. The molecule has 6 nitrogen and oxygen atoms in total. The van der Waals surface area contributed by atoms with E-state index in [1.807, 2.05) is 25.1 Å². The van der Waals surface area contributed by atoms with Crippen LogP contribution in [0.5, 0.6) is 0 Å². The summed E-state index contributed by atoms with van der Waals surface area (Å²) in [5.41, 5.74) is 22.0. The van der Waals surface area contributed by atoms with Crippen molar-refractivity contribution in [2.45, 2.75) is 33.1 Å². The van der Waals surface area contributed by atoms with Gasteiger partial charge >= 0.3 is 0 Å². The molecule has 118 valence electrons. The second-order valence-electron chi connectivity index (χ2n) is 5.22. The Bertz CT molecular complexity index is 653. The molecule has 0 unspecified atom stereocenters. The molecule has 2 rings (SSSR count). The van der Waals surface area contributed by atoms with Gasteiger partial charge in [0.2, 0.25) is 5.95 Å². The Morgan fingerprint density at radius 1 is 1.09 bits per heavy atom. The number of benzene rings is 1. The predicted molar refractivity (Wildman–Crippen MR) is 93.5 cm³/mol. The molecule has 7 N–H and O–H groups in total. The van der Waals surface area contributed by atoms with E-state index in [0.717, 1.165) is 48.3 Å². The van der Waals surface area contributed by atoms with Gasteiger partial charge in [0.1, 0.15) is 5.82 Å². The summed E-state index contributed by atoms with van der Waals surface area (Å²) in [7, 11) is 0. The minimum Gasteiger partial charge on any atom is -0.397 e. The van der Waals surface area contributed by atoms with Crippen LogP contribution in [0.4, 0.5) is 23.1 Å². The smallest absolute Gasteiger partial charge is 0.222 e. The van der Waals surface area contributed by atoms with E-state index < -0.39 is 0 Å². The van der Waals surface area contributed by atoms with Crippen LogP contribution >= 0.6 is 0 Å². The van der Waals surface area contributed by atoms with Crippen LogP contribution in [0.25, 0.3) is 11.1 Å². The van der Waals surface area contributed by atoms with Crippen molar-refractivity contribution >= 4 is 23.1 Å². The van der Waals surface area contributed by atoms with Gasteiger partial charge in [-0.2, -0.15) is 4.98 Å². The van der Waals surface area contributed by atoms with Crippen molar-refractivity contribution in [1.29, 1.82) is 0 Å². The number of nitrogens with two attached hydrogens (primary N) is 3. The number of anilines is 4. The largest absolute Gasteiger partial charge is 0.397 e. The molecule has 0 aliphatic carbocycles. The summed E-state index contributed by atoms with van der Waals surface area (Å²) in [5, 5.41) is 3.34. The van der Waals surface area contributed by atoms with Crippen LogP contribution in [0, 0.1) is 0 Å². The fourth-order valence-electron chi connectivity index (χ4n) is 2.40. The van der Waals surface area contributed by atoms with Crippen LogP contribution < -0.4 is 22.5 Å². The summed E-state index contributed by atoms with van der Waals surface area (Å²) in [5.74, 6) is 0.583. The maximum absolute atomic E-state index is 6.14. The molecule has 1 aromatic heterocycles. The molecule has 0 fully saturated rings. The highest BCUT2D eigenvalue weighted by atomic mass is 15.0. The van der Waals surface area contributed by atoms with Crippen LogP contribution in [0.15, 0.2) is 18.2 Å². The van der Waals surface area contributed by atoms with E-state index in [4.69, 9.17) is 17.2 Å². The Balaban J connectivity index is 2.36. The summed E-state index contributed by atoms with van der Waals surface area (Å²) < 4.78 is 0. The van der Waals surface area contributed by atoms with Crippen LogP contribution in [-0.2, 0) is 6.42 Å². The molecule has 1 heterocycles. The topological polar surface area (TPSA) is 116 Å². The molecular weight excluding hydrogens is 276 g/mol. The summed E-state index contributed by atoms with van der Waals surface area (Å²) in [6, 6.07) is 5.85. The average molecular weight is 300 g/mol. The average Bonchev–Trinajstić information content (AvgIpc) is 2.48. The van der Waals surface area contributed by atoms with Crippen molar-refractivity contribution in [2.75, 3.05) is 29.1 Å². The SMILES string of the molecule is CCCCNc1ccc(-c2c(N)nc(N)nc2CC)cc1N. The number of rotatable bonds is 6. The molecule has 0 amide bonds. The molecule has 0 atom stereocenters.